The maximum Gasteiger partial charge on any atom is 1.00 e. The van der Waals surface area contributed by atoms with Gasteiger partial charge in [0.2, 0.25) is 5.91 Å². The summed E-state index contributed by atoms with van der Waals surface area (Å²) in [5.41, 5.74) is 0. The van der Waals surface area contributed by atoms with E-state index in [1.165, 1.54) is 32.6 Å². The summed E-state index contributed by atoms with van der Waals surface area (Å²) in [6.07, 6.45) is 12.7. The Morgan fingerprint density at radius 2 is 1.45 bits per heavy atom. The molecule has 0 radical (unpaired) electrons. The van der Waals surface area contributed by atoms with E-state index in [9.17, 15) is 23.9 Å². The van der Waals surface area contributed by atoms with Crippen LogP contribution in [0.2, 0.25) is 0 Å². The molecule has 13 heteroatoms. The summed E-state index contributed by atoms with van der Waals surface area (Å²) in [5.74, 6) is 18.0. The van der Waals surface area contributed by atoms with E-state index in [1.807, 2.05) is 0 Å². The van der Waals surface area contributed by atoms with Gasteiger partial charge in [0.25, 0.3) is 0 Å². The number of rotatable bonds is 16. The van der Waals surface area contributed by atoms with Gasteiger partial charge in [-0.3, -0.25) is 14.9 Å². The van der Waals surface area contributed by atoms with Crippen LogP contribution in [0.5, 0.6) is 0 Å². The number of ether oxygens (including phenoxy) is 2. The van der Waals surface area contributed by atoms with Gasteiger partial charge in [0.1, 0.15) is 12.9 Å². The molecule has 0 rings (SSSR count). The average Bonchev–Trinajstić information content (AvgIpc) is 2.86. The first-order valence-corrected chi connectivity index (χ1v) is 13.4. The minimum atomic E-state index is -5.15. The van der Waals surface area contributed by atoms with Crippen LogP contribution in [0.3, 0.4) is 0 Å². The monoisotopic (exact) mass is 611 g/mol. The van der Waals surface area contributed by atoms with Crippen LogP contribution in [0, 0.1) is 59.8 Å². The second-order valence-electron chi connectivity index (χ2n) is 7.41. The van der Waals surface area contributed by atoms with Crippen LogP contribution in [-0.4, -0.2) is 43.1 Å². The van der Waals surface area contributed by atoms with Crippen LogP contribution in [-0.2, 0) is 28.2 Å². The van der Waals surface area contributed by atoms with Gasteiger partial charge in [-0.15, -0.1) is 6.42 Å². The molecule has 2 N–H and O–H groups in total. The summed E-state index contributed by atoms with van der Waals surface area (Å²) in [5, 5.41) is 10.8. The molecule has 1 atom stereocenters. The Hall–Kier alpha value is -1.23. The quantitative estimate of drug-likeness (QED) is 0.0358. The molecule has 0 fully saturated rings. The largest absolute Gasteiger partial charge is 1.00 e. The minimum Gasteiger partial charge on any atom is -0.790 e. The van der Waals surface area contributed by atoms with Crippen LogP contribution >= 0.6 is 7.82 Å². The number of terminal acetylenes is 1. The SMILES string of the molecule is C#CC#CC#CC#CC#CNC(C)=O.CCCCCCCCCCC(=O)O[C@@H](COCO)COP(=O)([O-])[O-].[HH].[HH].[HH].[HH].[HH].[HH].[HH].[HH].[HH].[Na+].[Na+]. The van der Waals surface area contributed by atoms with Crippen molar-refractivity contribution in [3.8, 4) is 59.8 Å². The smallest absolute Gasteiger partial charge is 0.790 e. The molecule has 0 aromatic rings. The average molecular weight is 612 g/mol. The molecule has 1 amide bonds. The van der Waals surface area contributed by atoms with E-state index in [0.717, 1.165) is 19.3 Å². The summed E-state index contributed by atoms with van der Waals surface area (Å²) < 4.78 is 24.2. The minimum absolute atomic E-state index is 0. The topological polar surface area (TPSA) is 157 Å². The predicted molar refractivity (Wildman–Crippen MR) is 156 cm³/mol. The zero-order valence-electron chi connectivity index (χ0n) is 23.8. The standard InChI is InChI=1S/C15H31O8P.C12H5NO.2Na.9H2/c1-2-3-4-5-6-7-8-9-10-15(17)23-14(11-21-13-16)12-22-24(18,19)20;1-3-4-5-6-7-8-9-10-11-13-12(2)14;;;;;;;;;;;/h14,16H,2-13H2,1H3,(H2,18,19,20);1H,2H3,(H,13,14);;;9*1H/q;;2*+1;;;;;;;;;/p-2/t14-;;;;;;;;;;;;/m0............/s1. The summed E-state index contributed by atoms with van der Waals surface area (Å²) in [6, 6.07) is 2.33. The molecule has 10 nitrogen and oxygen atoms in total. The van der Waals surface area contributed by atoms with E-state index >= 15 is 0 Å². The zero-order chi connectivity index (χ0) is 28.9. The number of esters is 1. The first-order valence-electron chi connectivity index (χ1n) is 11.9. The molecule has 0 unspecified atom stereocenters. The number of hydrogen-bond acceptors (Lipinski definition) is 9. The molecular formula is C27H52NNa2O9P. The van der Waals surface area contributed by atoms with E-state index < -0.39 is 33.3 Å². The van der Waals surface area contributed by atoms with Crippen molar-refractivity contribution in [1.29, 1.82) is 0 Å². The molecule has 0 saturated heterocycles. The van der Waals surface area contributed by atoms with Crippen molar-refractivity contribution >= 4 is 19.7 Å². The second-order valence-corrected chi connectivity index (χ2v) is 8.56. The Kier molecular flexibility index (Phi) is 38.9. The Bertz CT molecular complexity index is 1060. The maximum absolute atomic E-state index is 11.7. The number of phosphoric acid groups is 1. The third-order valence-corrected chi connectivity index (χ3v) is 4.56. The number of unbranched alkanes of at least 4 members (excludes halogenated alkanes) is 7. The van der Waals surface area contributed by atoms with Gasteiger partial charge in [0.05, 0.1) is 21.0 Å². The fourth-order valence-corrected chi connectivity index (χ4v) is 2.81. The molecule has 0 spiro atoms. The molecule has 226 valence electrons. The number of carbonyl (C=O) groups is 2. The maximum atomic E-state index is 11.7. The Balaban J connectivity index is -0.0000000423. The van der Waals surface area contributed by atoms with E-state index in [4.69, 9.17) is 16.3 Å². The molecule has 0 aliphatic carbocycles. The molecule has 0 aliphatic rings. The van der Waals surface area contributed by atoms with E-state index in [0.29, 0.717) is 6.42 Å². The van der Waals surface area contributed by atoms with Crippen LogP contribution < -0.4 is 74.2 Å². The van der Waals surface area contributed by atoms with Gasteiger partial charge in [0, 0.05) is 55.9 Å². The van der Waals surface area contributed by atoms with Crippen LogP contribution in [0.1, 0.15) is 84.5 Å². The summed E-state index contributed by atoms with van der Waals surface area (Å²) in [6.45, 7) is 2.05. The predicted octanol–water partition coefficient (Wildman–Crippen LogP) is -2.81. The van der Waals surface area contributed by atoms with Crippen molar-refractivity contribution in [3.05, 3.63) is 0 Å². The Morgan fingerprint density at radius 3 is 1.95 bits per heavy atom. The van der Waals surface area contributed by atoms with E-state index in [-0.39, 0.29) is 90.9 Å². The molecular weight excluding hydrogens is 559 g/mol. The van der Waals surface area contributed by atoms with Crippen molar-refractivity contribution in [2.24, 2.45) is 0 Å². The van der Waals surface area contributed by atoms with Gasteiger partial charge in [-0.2, -0.15) is 0 Å². The number of aliphatic hydroxyl groups is 1. The third-order valence-electron chi connectivity index (χ3n) is 4.09. The number of amides is 1. The number of phosphoric ester groups is 1. The fraction of sp³-hybridized carbons (Fsp3) is 0.556. The number of hydrogen-bond donors (Lipinski definition) is 2. The molecule has 0 heterocycles. The van der Waals surface area contributed by atoms with Crippen molar-refractivity contribution < 1.29 is 115 Å². The third kappa shape index (κ3) is 41.3. The molecule has 0 aromatic carbocycles. The van der Waals surface area contributed by atoms with E-state index in [2.05, 4.69) is 74.9 Å². The second kappa shape index (κ2) is 34.0. The van der Waals surface area contributed by atoms with Gasteiger partial charge < -0.3 is 33.5 Å². The molecule has 0 aliphatic heterocycles. The van der Waals surface area contributed by atoms with Crippen LogP contribution in [0.15, 0.2) is 0 Å². The van der Waals surface area contributed by atoms with Crippen molar-refractivity contribution in [2.75, 3.05) is 20.0 Å². The van der Waals surface area contributed by atoms with Crippen molar-refractivity contribution in [3.63, 3.8) is 0 Å². The van der Waals surface area contributed by atoms with Gasteiger partial charge in [-0.25, -0.2) is 0 Å². The Labute approximate surface area is 296 Å². The van der Waals surface area contributed by atoms with Crippen LogP contribution in [0.25, 0.3) is 0 Å². The number of carbonyl (C=O) groups excluding carboxylic acids is 2. The molecule has 0 saturated carbocycles. The molecule has 0 bridgehead atoms. The summed E-state index contributed by atoms with van der Waals surface area (Å²) in [7, 11) is -5.15. The van der Waals surface area contributed by atoms with E-state index in [1.54, 1.807) is 0 Å². The van der Waals surface area contributed by atoms with Crippen molar-refractivity contribution in [2.45, 2.75) is 77.7 Å². The molecule has 40 heavy (non-hydrogen) atoms. The first kappa shape index (κ1) is 45.7. The molecule has 0 aromatic heterocycles. The van der Waals surface area contributed by atoms with Gasteiger partial charge >= 0.3 is 65.1 Å². The first-order chi connectivity index (χ1) is 18.2. The van der Waals surface area contributed by atoms with Crippen molar-refractivity contribution in [1.82, 2.24) is 5.32 Å². The summed E-state index contributed by atoms with van der Waals surface area (Å²) >= 11 is 0. The van der Waals surface area contributed by atoms with Gasteiger partial charge in [0.15, 0.2) is 0 Å². The van der Waals surface area contributed by atoms with Crippen LogP contribution in [0.4, 0.5) is 0 Å². The number of aliphatic hydroxyl groups excluding tert-OH is 1. The Morgan fingerprint density at radius 1 is 0.925 bits per heavy atom. The van der Waals surface area contributed by atoms with Gasteiger partial charge in [-0.05, 0) is 30.1 Å². The van der Waals surface area contributed by atoms with Gasteiger partial charge in [-0.1, -0.05) is 51.9 Å². The zero-order valence-corrected chi connectivity index (χ0v) is 28.7. The fourth-order valence-electron chi connectivity index (χ4n) is 2.47. The number of nitrogens with one attached hydrogen (secondary N) is 1. The summed E-state index contributed by atoms with van der Waals surface area (Å²) in [4.78, 5) is 42.9. The normalized spacial score (nSPS) is 9.50.